The van der Waals surface area contributed by atoms with Crippen molar-refractivity contribution >= 4 is 52.0 Å². The number of allylic oxidation sites excluding steroid dienone is 1. The van der Waals surface area contributed by atoms with Gasteiger partial charge in [0.15, 0.2) is 16.0 Å². The Balaban J connectivity index is 1.51. The number of nitrogens with one attached hydrogen (secondary N) is 1. The Bertz CT molecular complexity index is 1510. The highest BCUT2D eigenvalue weighted by atomic mass is 32.2. The van der Waals surface area contributed by atoms with Gasteiger partial charge in [0.05, 0.1) is 28.8 Å². The third-order valence-electron chi connectivity index (χ3n) is 4.99. The Kier molecular flexibility index (Phi) is 7.16. The SMILES string of the molecule is CCOC(=O)c1sc(CC(=O)C(C#N)=Cc2ccc(Sc3nc4ccccc4[nH]3)o2)c(C#N)c1C. The molecule has 8 nitrogen and oxygen atoms in total. The molecule has 4 aromatic rings. The van der Waals surface area contributed by atoms with Crippen LogP contribution in [0.3, 0.4) is 0 Å². The number of fused-ring (bicyclic) bond motifs is 1. The molecule has 0 aliphatic carbocycles. The Labute approximate surface area is 208 Å². The average Bonchev–Trinajstić information content (AvgIpc) is 3.54. The average molecular weight is 503 g/mol. The lowest BCUT2D eigenvalue weighted by atomic mass is 10.0. The molecular formula is C25H18N4O4S2. The van der Waals surface area contributed by atoms with E-state index in [0.717, 1.165) is 22.4 Å². The molecule has 3 heterocycles. The van der Waals surface area contributed by atoms with Crippen molar-refractivity contribution in [2.45, 2.75) is 30.5 Å². The summed E-state index contributed by atoms with van der Waals surface area (Å²) >= 11 is 2.32. The summed E-state index contributed by atoms with van der Waals surface area (Å²) in [6.07, 6.45) is 1.18. The first-order chi connectivity index (χ1) is 16.9. The molecule has 0 saturated carbocycles. The molecule has 3 aromatic heterocycles. The van der Waals surface area contributed by atoms with Crippen LogP contribution in [0.1, 0.15) is 38.4 Å². The van der Waals surface area contributed by atoms with E-state index in [1.54, 1.807) is 26.0 Å². The molecule has 174 valence electrons. The number of ether oxygens (including phenoxy) is 1. The maximum atomic E-state index is 12.9. The zero-order valence-corrected chi connectivity index (χ0v) is 20.4. The van der Waals surface area contributed by atoms with Crippen molar-refractivity contribution in [2.24, 2.45) is 0 Å². The largest absolute Gasteiger partial charge is 0.462 e. The van der Waals surface area contributed by atoms with Gasteiger partial charge in [-0.3, -0.25) is 4.79 Å². The van der Waals surface area contributed by atoms with Crippen molar-refractivity contribution in [3.05, 3.63) is 68.6 Å². The van der Waals surface area contributed by atoms with Crippen LogP contribution in [0.25, 0.3) is 17.1 Å². The molecule has 0 unspecified atom stereocenters. The first-order valence-electron chi connectivity index (χ1n) is 10.5. The summed E-state index contributed by atoms with van der Waals surface area (Å²) in [4.78, 5) is 33.4. The third kappa shape index (κ3) is 5.19. The van der Waals surface area contributed by atoms with Gasteiger partial charge < -0.3 is 14.1 Å². The topological polar surface area (TPSA) is 133 Å². The van der Waals surface area contributed by atoms with E-state index in [2.05, 4.69) is 9.97 Å². The Hall–Kier alpha value is -4.12. The van der Waals surface area contributed by atoms with E-state index >= 15 is 0 Å². The van der Waals surface area contributed by atoms with Gasteiger partial charge in [-0.1, -0.05) is 12.1 Å². The Morgan fingerprint density at radius 1 is 1.26 bits per heavy atom. The second-order valence-corrected chi connectivity index (χ2v) is 9.37. The van der Waals surface area contributed by atoms with Gasteiger partial charge in [-0.15, -0.1) is 11.3 Å². The first kappa shape index (κ1) is 24.0. The zero-order valence-electron chi connectivity index (χ0n) is 18.7. The molecule has 1 aromatic carbocycles. The summed E-state index contributed by atoms with van der Waals surface area (Å²) in [5.41, 5.74) is 2.36. The molecule has 0 bridgehead atoms. The van der Waals surface area contributed by atoms with Crippen LogP contribution in [0.4, 0.5) is 0 Å². The summed E-state index contributed by atoms with van der Waals surface area (Å²) in [6, 6.07) is 15.0. The fourth-order valence-corrected chi connectivity index (χ4v) is 5.25. The maximum absolute atomic E-state index is 12.9. The standard InChI is InChI=1S/C25H18N4O4S2/c1-3-32-24(31)23-14(2)17(13-27)21(34-23)11-20(30)15(12-26)10-16-8-9-22(33-16)35-25-28-18-6-4-5-7-19(18)29-25/h4-10H,3,11H2,1-2H3,(H,28,29). The number of nitrogens with zero attached hydrogens (tertiary/aromatic N) is 3. The number of hydrogen-bond donors (Lipinski definition) is 1. The van der Waals surface area contributed by atoms with Crippen LogP contribution in [-0.4, -0.2) is 28.3 Å². The van der Waals surface area contributed by atoms with Gasteiger partial charge in [0.1, 0.15) is 22.8 Å². The number of furan rings is 1. The molecule has 0 atom stereocenters. The normalized spacial score (nSPS) is 11.3. The number of aromatic amines is 1. The molecule has 4 rings (SSSR count). The highest BCUT2D eigenvalue weighted by Gasteiger charge is 2.23. The van der Waals surface area contributed by atoms with Crippen LogP contribution in [0.15, 0.2) is 56.6 Å². The molecule has 0 fully saturated rings. The number of aromatic nitrogens is 2. The fraction of sp³-hybridized carbons (Fsp3) is 0.160. The number of ketones is 1. The van der Waals surface area contributed by atoms with Crippen LogP contribution in [0.5, 0.6) is 0 Å². The first-order valence-corrected chi connectivity index (χ1v) is 12.1. The number of imidazole rings is 1. The van der Waals surface area contributed by atoms with Crippen molar-refractivity contribution < 1.29 is 18.7 Å². The van der Waals surface area contributed by atoms with Gasteiger partial charge in [0.2, 0.25) is 0 Å². The van der Waals surface area contributed by atoms with Crippen LogP contribution in [0, 0.1) is 29.6 Å². The van der Waals surface area contributed by atoms with Gasteiger partial charge in [0, 0.05) is 17.4 Å². The number of benzene rings is 1. The molecule has 0 saturated heterocycles. The minimum Gasteiger partial charge on any atom is -0.462 e. The van der Waals surface area contributed by atoms with Gasteiger partial charge in [-0.2, -0.15) is 10.5 Å². The third-order valence-corrected chi connectivity index (χ3v) is 7.07. The van der Waals surface area contributed by atoms with Gasteiger partial charge >= 0.3 is 5.97 Å². The molecule has 10 heteroatoms. The van der Waals surface area contributed by atoms with E-state index in [0.29, 0.717) is 26.4 Å². The van der Waals surface area contributed by atoms with E-state index in [1.165, 1.54) is 17.8 Å². The Morgan fingerprint density at radius 3 is 2.77 bits per heavy atom. The van der Waals surface area contributed by atoms with E-state index < -0.39 is 11.8 Å². The molecular weight excluding hydrogens is 484 g/mol. The van der Waals surface area contributed by atoms with E-state index in [-0.39, 0.29) is 29.0 Å². The molecule has 0 radical (unpaired) electrons. The fourth-order valence-electron chi connectivity index (χ4n) is 3.33. The van der Waals surface area contributed by atoms with Gasteiger partial charge in [0.25, 0.3) is 0 Å². The molecule has 0 amide bonds. The van der Waals surface area contributed by atoms with Crippen molar-refractivity contribution in [2.75, 3.05) is 6.61 Å². The van der Waals surface area contributed by atoms with Crippen molar-refractivity contribution in [3.63, 3.8) is 0 Å². The molecule has 35 heavy (non-hydrogen) atoms. The minimum atomic E-state index is -0.536. The summed E-state index contributed by atoms with van der Waals surface area (Å²) < 4.78 is 10.8. The number of nitriles is 2. The van der Waals surface area contributed by atoms with Crippen LogP contribution in [0.2, 0.25) is 0 Å². The van der Waals surface area contributed by atoms with E-state index in [9.17, 15) is 20.1 Å². The number of rotatable bonds is 8. The summed E-state index contributed by atoms with van der Waals surface area (Å²) in [5.74, 6) is -0.682. The monoisotopic (exact) mass is 502 g/mol. The van der Waals surface area contributed by atoms with Crippen LogP contribution in [-0.2, 0) is 16.0 Å². The second kappa shape index (κ2) is 10.4. The van der Waals surface area contributed by atoms with Crippen LogP contribution >= 0.6 is 23.1 Å². The lowest BCUT2D eigenvalue weighted by Gasteiger charge is -1.99. The predicted molar refractivity (Wildman–Crippen MR) is 131 cm³/mol. The molecule has 0 spiro atoms. The quantitative estimate of drug-likeness (QED) is 0.191. The summed E-state index contributed by atoms with van der Waals surface area (Å²) in [5, 5.41) is 20.3. The smallest absolute Gasteiger partial charge is 0.348 e. The summed E-state index contributed by atoms with van der Waals surface area (Å²) in [7, 11) is 0. The number of esters is 1. The lowest BCUT2D eigenvalue weighted by molar-refractivity contribution is -0.114. The van der Waals surface area contributed by atoms with Crippen molar-refractivity contribution in [1.29, 1.82) is 10.5 Å². The van der Waals surface area contributed by atoms with E-state index in [1.807, 2.05) is 36.4 Å². The van der Waals surface area contributed by atoms with E-state index in [4.69, 9.17) is 9.15 Å². The number of carbonyl (C=O) groups is 2. The van der Waals surface area contributed by atoms with Crippen LogP contribution < -0.4 is 0 Å². The number of para-hydroxylation sites is 2. The molecule has 0 aliphatic heterocycles. The summed E-state index contributed by atoms with van der Waals surface area (Å²) in [6.45, 7) is 3.53. The number of carbonyl (C=O) groups excluding carboxylic acids is 2. The zero-order chi connectivity index (χ0) is 24.9. The number of Topliss-reactive ketones (excluding diaryl/α,β-unsaturated/α-hetero) is 1. The second-order valence-electron chi connectivity index (χ2n) is 7.27. The lowest BCUT2D eigenvalue weighted by Crippen LogP contribution is -2.05. The van der Waals surface area contributed by atoms with Crippen molar-refractivity contribution in [1.82, 2.24) is 9.97 Å². The minimum absolute atomic E-state index is 0.118. The molecule has 1 N–H and O–H groups in total. The van der Waals surface area contributed by atoms with Crippen molar-refractivity contribution in [3.8, 4) is 12.1 Å². The van der Waals surface area contributed by atoms with Gasteiger partial charge in [-0.25, -0.2) is 9.78 Å². The molecule has 0 aliphatic rings. The van der Waals surface area contributed by atoms with Gasteiger partial charge in [-0.05, 0) is 55.4 Å². The number of thiophene rings is 1. The highest BCUT2D eigenvalue weighted by Crippen LogP contribution is 2.31. The highest BCUT2D eigenvalue weighted by molar-refractivity contribution is 7.99. The predicted octanol–water partition coefficient (Wildman–Crippen LogP) is 5.44. The number of hydrogen-bond acceptors (Lipinski definition) is 9. The number of H-pyrrole nitrogens is 1. The maximum Gasteiger partial charge on any atom is 0.348 e. The Morgan fingerprint density at radius 2 is 2.06 bits per heavy atom.